The van der Waals surface area contributed by atoms with Crippen LogP contribution in [0.2, 0.25) is 0 Å². The largest absolute Gasteiger partial charge is 0.326 e. The summed E-state index contributed by atoms with van der Waals surface area (Å²) in [5, 5.41) is 6.48. The zero-order valence-electron chi connectivity index (χ0n) is 12.2. The molecule has 108 valence electrons. The van der Waals surface area contributed by atoms with Crippen LogP contribution in [0.3, 0.4) is 0 Å². The monoisotopic (exact) mass is 272 g/mol. The van der Waals surface area contributed by atoms with Crippen molar-refractivity contribution in [1.82, 2.24) is 5.32 Å². The molecule has 2 unspecified atom stereocenters. The first-order valence-electron chi connectivity index (χ1n) is 7.90. The van der Waals surface area contributed by atoms with E-state index in [-0.39, 0.29) is 5.91 Å². The van der Waals surface area contributed by atoms with Crippen LogP contribution in [0, 0.1) is 17.8 Å². The summed E-state index contributed by atoms with van der Waals surface area (Å²) in [7, 11) is 0. The maximum absolute atomic E-state index is 12.2. The van der Waals surface area contributed by atoms with Crippen molar-refractivity contribution in [3.63, 3.8) is 0 Å². The van der Waals surface area contributed by atoms with Gasteiger partial charge in [0.05, 0.1) is 0 Å². The first kappa shape index (κ1) is 13.6. The minimum Gasteiger partial charge on any atom is -0.326 e. The van der Waals surface area contributed by atoms with Gasteiger partial charge >= 0.3 is 0 Å². The number of hydrogen-bond donors (Lipinski definition) is 2. The molecule has 0 bridgehead atoms. The number of fused-ring (bicyclic) bond motifs is 1. The van der Waals surface area contributed by atoms with Crippen molar-refractivity contribution in [2.75, 3.05) is 11.9 Å². The molecule has 1 amide bonds. The van der Waals surface area contributed by atoms with E-state index < -0.39 is 0 Å². The number of nitrogens with one attached hydrogen (secondary N) is 2. The first-order chi connectivity index (χ1) is 9.79. The van der Waals surface area contributed by atoms with E-state index in [4.69, 9.17) is 0 Å². The summed E-state index contributed by atoms with van der Waals surface area (Å²) >= 11 is 0. The molecule has 3 heteroatoms. The Bertz CT molecular complexity index is 476. The van der Waals surface area contributed by atoms with Gasteiger partial charge in [-0.15, -0.1) is 0 Å². The normalized spacial score (nSPS) is 27.1. The van der Waals surface area contributed by atoms with Gasteiger partial charge in [0, 0.05) is 18.2 Å². The van der Waals surface area contributed by atoms with Crippen molar-refractivity contribution in [3.8, 4) is 0 Å². The molecule has 2 fully saturated rings. The Labute approximate surface area is 121 Å². The van der Waals surface area contributed by atoms with Crippen LogP contribution in [0.5, 0.6) is 0 Å². The van der Waals surface area contributed by atoms with Crippen LogP contribution in [0.4, 0.5) is 5.69 Å². The lowest BCUT2D eigenvalue weighted by Crippen LogP contribution is -2.17. The van der Waals surface area contributed by atoms with Crippen molar-refractivity contribution >= 4 is 11.6 Å². The molecule has 2 aliphatic carbocycles. The number of anilines is 1. The maximum atomic E-state index is 12.2. The topological polar surface area (TPSA) is 41.1 Å². The molecule has 2 N–H and O–H groups in total. The van der Waals surface area contributed by atoms with Crippen molar-refractivity contribution in [1.29, 1.82) is 0 Å². The third-order valence-electron chi connectivity index (χ3n) is 4.66. The third kappa shape index (κ3) is 2.88. The molecule has 0 heterocycles. The van der Waals surface area contributed by atoms with Gasteiger partial charge < -0.3 is 10.6 Å². The van der Waals surface area contributed by atoms with Gasteiger partial charge in [-0.25, -0.2) is 0 Å². The highest BCUT2D eigenvalue weighted by Gasteiger charge is 2.56. The molecule has 1 aromatic rings. The van der Waals surface area contributed by atoms with E-state index in [1.54, 1.807) is 0 Å². The lowest BCUT2D eigenvalue weighted by Gasteiger charge is -2.09. The third-order valence-corrected chi connectivity index (χ3v) is 4.66. The number of hydrogen-bond acceptors (Lipinski definition) is 2. The number of amides is 1. The molecule has 2 aliphatic rings. The molecule has 0 aliphatic heterocycles. The van der Waals surface area contributed by atoms with E-state index in [1.165, 1.54) is 24.8 Å². The molecule has 0 saturated heterocycles. The van der Waals surface area contributed by atoms with Gasteiger partial charge in [0.15, 0.2) is 0 Å². The van der Waals surface area contributed by atoms with Crippen LogP contribution in [0.25, 0.3) is 0 Å². The van der Waals surface area contributed by atoms with Gasteiger partial charge in [0.25, 0.3) is 0 Å². The molecule has 2 atom stereocenters. The molecular formula is C17H24N2O. The summed E-state index contributed by atoms with van der Waals surface area (Å²) in [5.41, 5.74) is 2.17. The van der Waals surface area contributed by atoms with E-state index in [0.717, 1.165) is 25.2 Å². The highest BCUT2D eigenvalue weighted by atomic mass is 16.2. The van der Waals surface area contributed by atoms with Crippen LogP contribution >= 0.6 is 0 Å². The summed E-state index contributed by atoms with van der Waals surface area (Å²) in [6.45, 7) is 4.06. The van der Waals surface area contributed by atoms with Crippen molar-refractivity contribution < 1.29 is 4.79 Å². The van der Waals surface area contributed by atoms with Crippen molar-refractivity contribution in [2.24, 2.45) is 17.8 Å². The average molecular weight is 272 g/mol. The molecule has 3 nitrogen and oxygen atoms in total. The predicted molar refractivity (Wildman–Crippen MR) is 81.4 cm³/mol. The minimum absolute atomic E-state index is 0.235. The first-order valence-corrected chi connectivity index (χ1v) is 7.90. The molecule has 20 heavy (non-hydrogen) atoms. The van der Waals surface area contributed by atoms with Crippen LogP contribution in [-0.2, 0) is 11.3 Å². The van der Waals surface area contributed by atoms with Crippen LogP contribution in [0.1, 0.15) is 38.2 Å². The molecule has 0 aromatic heterocycles. The van der Waals surface area contributed by atoms with Gasteiger partial charge in [-0.1, -0.05) is 25.5 Å². The Morgan fingerprint density at radius 2 is 2.10 bits per heavy atom. The van der Waals surface area contributed by atoms with Crippen LogP contribution in [0.15, 0.2) is 24.3 Å². The van der Waals surface area contributed by atoms with Gasteiger partial charge in [-0.2, -0.15) is 0 Å². The van der Waals surface area contributed by atoms with Crippen LogP contribution in [-0.4, -0.2) is 12.5 Å². The molecule has 2 saturated carbocycles. The lowest BCUT2D eigenvalue weighted by atomic mass is 10.1. The quantitative estimate of drug-likeness (QED) is 0.781. The summed E-state index contributed by atoms with van der Waals surface area (Å²) in [5.74, 6) is 1.90. The second-order valence-electron chi connectivity index (χ2n) is 6.15. The van der Waals surface area contributed by atoms with Crippen molar-refractivity contribution in [3.05, 3.63) is 29.8 Å². The van der Waals surface area contributed by atoms with Gasteiger partial charge in [-0.3, -0.25) is 4.79 Å². The fourth-order valence-corrected chi connectivity index (χ4v) is 3.60. The van der Waals surface area contributed by atoms with E-state index in [2.05, 4.69) is 29.7 Å². The number of carbonyl (C=O) groups excluding carboxylic acids is 1. The van der Waals surface area contributed by atoms with Crippen molar-refractivity contribution in [2.45, 2.75) is 39.2 Å². The van der Waals surface area contributed by atoms with E-state index >= 15 is 0 Å². The molecule has 0 spiro atoms. The number of carbonyl (C=O) groups is 1. The highest BCUT2D eigenvalue weighted by molar-refractivity contribution is 5.95. The molecule has 1 aromatic carbocycles. The summed E-state index contributed by atoms with van der Waals surface area (Å²) in [4.78, 5) is 12.2. The summed E-state index contributed by atoms with van der Waals surface area (Å²) < 4.78 is 0. The number of rotatable bonds is 6. The van der Waals surface area contributed by atoms with E-state index in [1.807, 2.05) is 12.1 Å². The van der Waals surface area contributed by atoms with E-state index in [9.17, 15) is 4.79 Å². The Balaban J connectivity index is 1.54. The fraction of sp³-hybridized carbons (Fsp3) is 0.588. The SMILES string of the molecule is CCCNCc1cccc(NC(=O)C2C3CCCC32)c1. The summed E-state index contributed by atoms with van der Waals surface area (Å²) in [6.07, 6.45) is 4.96. The Morgan fingerprint density at radius 1 is 1.30 bits per heavy atom. The summed E-state index contributed by atoms with van der Waals surface area (Å²) in [6, 6.07) is 8.19. The zero-order valence-corrected chi connectivity index (χ0v) is 12.2. The Hall–Kier alpha value is -1.35. The van der Waals surface area contributed by atoms with Gasteiger partial charge in [0.1, 0.15) is 0 Å². The van der Waals surface area contributed by atoms with Crippen LogP contribution < -0.4 is 10.6 Å². The second kappa shape index (κ2) is 5.96. The lowest BCUT2D eigenvalue weighted by molar-refractivity contribution is -0.118. The zero-order chi connectivity index (χ0) is 13.9. The molecular weight excluding hydrogens is 248 g/mol. The molecule has 3 rings (SSSR count). The maximum Gasteiger partial charge on any atom is 0.228 e. The Kier molecular flexibility index (Phi) is 4.06. The molecule has 0 radical (unpaired) electrons. The standard InChI is InChI=1S/C17H24N2O/c1-2-9-18-11-12-5-3-6-13(10-12)19-17(20)16-14-7-4-8-15(14)16/h3,5-6,10,14-16,18H,2,4,7-9,11H2,1H3,(H,19,20). The average Bonchev–Trinajstić information content (AvgIpc) is 2.94. The predicted octanol–water partition coefficient (Wildman–Crippen LogP) is 3.17. The second-order valence-corrected chi connectivity index (χ2v) is 6.15. The fourth-order valence-electron chi connectivity index (χ4n) is 3.60. The van der Waals surface area contributed by atoms with Gasteiger partial charge in [0.2, 0.25) is 5.91 Å². The van der Waals surface area contributed by atoms with Gasteiger partial charge in [-0.05, 0) is 55.3 Å². The highest BCUT2D eigenvalue weighted by Crippen LogP contribution is 2.57. The van der Waals surface area contributed by atoms with E-state index in [0.29, 0.717) is 17.8 Å². The Morgan fingerprint density at radius 3 is 2.85 bits per heavy atom. The smallest absolute Gasteiger partial charge is 0.228 e. The minimum atomic E-state index is 0.235. The number of benzene rings is 1.